The Labute approximate surface area is 160 Å². The van der Waals surface area contributed by atoms with Crippen molar-refractivity contribution in [3.05, 3.63) is 22.5 Å². The third-order valence-corrected chi connectivity index (χ3v) is 6.03. The second-order valence-corrected chi connectivity index (χ2v) is 7.77. The largest absolute Gasteiger partial charge is 0.464 e. The van der Waals surface area contributed by atoms with Gasteiger partial charge in [0.05, 0.1) is 13.7 Å². The number of Topliss-reactive ketones (excluding diaryl/α,β-unsaturated/α-hetero) is 1. The van der Waals surface area contributed by atoms with Crippen molar-refractivity contribution in [3.63, 3.8) is 0 Å². The highest BCUT2D eigenvalue weighted by Crippen LogP contribution is 2.33. The van der Waals surface area contributed by atoms with Crippen molar-refractivity contribution in [3.8, 4) is 0 Å². The molecule has 0 spiro atoms. The monoisotopic (exact) mass is 374 g/mol. The van der Waals surface area contributed by atoms with Crippen LogP contribution in [0.2, 0.25) is 0 Å². The quantitative estimate of drug-likeness (QED) is 0.543. The molecular weight excluding hydrogens is 344 g/mol. The van der Waals surface area contributed by atoms with Crippen LogP contribution in [0.15, 0.2) is 0 Å². The standard InChI is InChI=1S/C21H30N2O4/c1-5-22-14(3)18(13(2)19(22)21(26)27-4)17(24)12-23(16-10-11-16)20(25)15-8-6-7-9-15/h15-16H,5-12H2,1-4H3. The first-order valence-corrected chi connectivity index (χ1v) is 10.0. The van der Waals surface area contributed by atoms with Gasteiger partial charge < -0.3 is 14.2 Å². The molecule has 0 unspecified atom stereocenters. The minimum atomic E-state index is -0.433. The van der Waals surface area contributed by atoms with Crippen molar-refractivity contribution in [2.75, 3.05) is 13.7 Å². The molecule has 0 bridgehead atoms. The van der Waals surface area contributed by atoms with Crippen LogP contribution in [0.4, 0.5) is 0 Å². The molecule has 1 aromatic heterocycles. The molecule has 2 saturated carbocycles. The molecule has 0 radical (unpaired) electrons. The lowest BCUT2D eigenvalue weighted by molar-refractivity contribution is -0.135. The van der Waals surface area contributed by atoms with Crippen LogP contribution < -0.4 is 0 Å². The van der Waals surface area contributed by atoms with E-state index in [0.29, 0.717) is 23.4 Å². The average molecular weight is 374 g/mol. The molecular formula is C21H30N2O4. The molecule has 148 valence electrons. The summed E-state index contributed by atoms with van der Waals surface area (Å²) in [6.07, 6.45) is 6.03. The van der Waals surface area contributed by atoms with E-state index in [-0.39, 0.29) is 30.2 Å². The van der Waals surface area contributed by atoms with E-state index in [4.69, 9.17) is 4.74 Å². The Balaban J connectivity index is 1.87. The fraction of sp³-hybridized carbons (Fsp3) is 0.667. The number of amides is 1. The normalized spacial score (nSPS) is 17.2. The third-order valence-electron chi connectivity index (χ3n) is 6.03. The molecule has 1 amide bonds. The molecule has 6 nitrogen and oxygen atoms in total. The number of aromatic nitrogens is 1. The first kappa shape index (κ1) is 19.6. The summed E-state index contributed by atoms with van der Waals surface area (Å²) in [6.45, 7) is 6.27. The summed E-state index contributed by atoms with van der Waals surface area (Å²) in [5.41, 5.74) is 2.41. The molecule has 27 heavy (non-hydrogen) atoms. The predicted octanol–water partition coefficient (Wildman–Crippen LogP) is 3.28. The van der Waals surface area contributed by atoms with Crippen molar-refractivity contribution >= 4 is 17.7 Å². The molecule has 2 aliphatic rings. The minimum Gasteiger partial charge on any atom is -0.464 e. The molecule has 0 aromatic carbocycles. The SMILES string of the molecule is CCn1c(C)c(C(=O)CN(C(=O)C2CCCC2)C2CC2)c(C)c1C(=O)OC. The fourth-order valence-electron chi connectivity index (χ4n) is 4.48. The maximum Gasteiger partial charge on any atom is 0.354 e. The van der Waals surface area contributed by atoms with Crippen molar-refractivity contribution in [2.24, 2.45) is 5.92 Å². The Morgan fingerprint density at radius 2 is 1.74 bits per heavy atom. The average Bonchev–Trinajstić information content (AvgIpc) is 3.27. The van der Waals surface area contributed by atoms with E-state index in [1.807, 2.05) is 18.4 Å². The Morgan fingerprint density at radius 1 is 1.11 bits per heavy atom. The molecule has 2 aliphatic carbocycles. The molecule has 3 rings (SSSR count). The van der Waals surface area contributed by atoms with Gasteiger partial charge in [-0.05, 0) is 52.0 Å². The zero-order valence-electron chi connectivity index (χ0n) is 16.8. The molecule has 2 fully saturated rings. The van der Waals surface area contributed by atoms with Crippen molar-refractivity contribution < 1.29 is 19.1 Å². The number of rotatable bonds is 7. The summed E-state index contributed by atoms with van der Waals surface area (Å²) < 4.78 is 6.74. The van der Waals surface area contributed by atoms with Gasteiger partial charge in [-0.15, -0.1) is 0 Å². The van der Waals surface area contributed by atoms with Gasteiger partial charge in [0.15, 0.2) is 5.78 Å². The van der Waals surface area contributed by atoms with Crippen LogP contribution in [0.1, 0.15) is 77.6 Å². The van der Waals surface area contributed by atoms with Gasteiger partial charge in [-0.1, -0.05) is 12.8 Å². The number of carbonyl (C=O) groups is 3. The fourth-order valence-corrected chi connectivity index (χ4v) is 4.48. The van der Waals surface area contributed by atoms with E-state index >= 15 is 0 Å². The number of hydrogen-bond acceptors (Lipinski definition) is 4. The number of carbonyl (C=O) groups excluding carboxylic acids is 3. The highest BCUT2D eigenvalue weighted by molar-refractivity contribution is 6.04. The highest BCUT2D eigenvalue weighted by atomic mass is 16.5. The van der Waals surface area contributed by atoms with Crippen molar-refractivity contribution in [1.29, 1.82) is 0 Å². The maximum atomic E-state index is 13.2. The zero-order valence-corrected chi connectivity index (χ0v) is 16.8. The number of hydrogen-bond donors (Lipinski definition) is 0. The lowest BCUT2D eigenvalue weighted by Gasteiger charge is -2.25. The van der Waals surface area contributed by atoms with Crippen LogP contribution in [0.3, 0.4) is 0 Å². The number of methoxy groups -OCH3 is 1. The van der Waals surface area contributed by atoms with E-state index in [2.05, 4.69) is 0 Å². The van der Waals surface area contributed by atoms with E-state index < -0.39 is 5.97 Å². The molecule has 1 heterocycles. The number of nitrogens with zero attached hydrogens (tertiary/aromatic N) is 2. The van der Waals surface area contributed by atoms with Gasteiger partial charge in [-0.25, -0.2) is 4.79 Å². The summed E-state index contributed by atoms with van der Waals surface area (Å²) in [5.74, 6) is -0.300. The van der Waals surface area contributed by atoms with E-state index in [1.54, 1.807) is 11.8 Å². The smallest absolute Gasteiger partial charge is 0.354 e. The van der Waals surface area contributed by atoms with Crippen LogP contribution in [-0.2, 0) is 16.1 Å². The van der Waals surface area contributed by atoms with Gasteiger partial charge in [0.25, 0.3) is 0 Å². The van der Waals surface area contributed by atoms with E-state index in [0.717, 1.165) is 44.2 Å². The van der Waals surface area contributed by atoms with Crippen LogP contribution >= 0.6 is 0 Å². The molecule has 1 aromatic rings. The Bertz CT molecular complexity index is 755. The Hall–Kier alpha value is -2.11. The number of esters is 1. The van der Waals surface area contributed by atoms with Gasteiger partial charge >= 0.3 is 5.97 Å². The Morgan fingerprint density at radius 3 is 2.26 bits per heavy atom. The summed E-state index contributed by atoms with van der Waals surface area (Å²) in [6, 6.07) is 0.205. The lowest BCUT2D eigenvalue weighted by Crippen LogP contribution is -2.40. The van der Waals surface area contributed by atoms with Crippen LogP contribution in [0.25, 0.3) is 0 Å². The van der Waals surface area contributed by atoms with E-state index in [9.17, 15) is 14.4 Å². The van der Waals surface area contributed by atoms with Crippen molar-refractivity contribution in [1.82, 2.24) is 9.47 Å². The third kappa shape index (κ3) is 3.66. The van der Waals surface area contributed by atoms with Gasteiger partial charge in [-0.2, -0.15) is 0 Å². The lowest BCUT2D eigenvalue weighted by atomic mass is 10.0. The number of ketones is 1. The minimum absolute atomic E-state index is 0.0754. The second-order valence-electron chi connectivity index (χ2n) is 7.77. The van der Waals surface area contributed by atoms with Gasteiger partial charge in [0.2, 0.25) is 5.91 Å². The molecule has 6 heteroatoms. The maximum absolute atomic E-state index is 13.2. The molecule has 0 saturated heterocycles. The van der Waals surface area contributed by atoms with Crippen molar-refractivity contribution in [2.45, 2.75) is 71.9 Å². The highest BCUT2D eigenvalue weighted by Gasteiger charge is 2.38. The van der Waals surface area contributed by atoms with Crippen LogP contribution in [-0.4, -0.2) is 46.8 Å². The first-order chi connectivity index (χ1) is 12.9. The van der Waals surface area contributed by atoms with E-state index in [1.165, 1.54) is 7.11 Å². The first-order valence-electron chi connectivity index (χ1n) is 10.0. The molecule has 0 aliphatic heterocycles. The summed E-state index contributed by atoms with van der Waals surface area (Å²) in [7, 11) is 1.35. The van der Waals surface area contributed by atoms with Crippen LogP contribution in [0, 0.1) is 19.8 Å². The molecule has 0 N–H and O–H groups in total. The molecule has 0 atom stereocenters. The van der Waals surface area contributed by atoms with Crippen LogP contribution in [0.5, 0.6) is 0 Å². The van der Waals surface area contributed by atoms with Gasteiger partial charge in [0.1, 0.15) is 5.69 Å². The predicted molar refractivity (Wildman–Crippen MR) is 102 cm³/mol. The summed E-state index contributed by atoms with van der Waals surface area (Å²) in [5, 5.41) is 0. The Kier molecular flexibility index (Phi) is 5.72. The van der Waals surface area contributed by atoms with Gasteiger partial charge in [0, 0.05) is 29.8 Å². The summed E-state index contributed by atoms with van der Waals surface area (Å²) >= 11 is 0. The topological polar surface area (TPSA) is 68.6 Å². The summed E-state index contributed by atoms with van der Waals surface area (Å²) in [4.78, 5) is 40.1. The van der Waals surface area contributed by atoms with Gasteiger partial charge in [-0.3, -0.25) is 9.59 Å². The zero-order chi connectivity index (χ0) is 19.7. The second kappa shape index (κ2) is 7.87. The number of ether oxygens (including phenoxy) is 1.